The summed E-state index contributed by atoms with van der Waals surface area (Å²) in [6, 6.07) is 0. The van der Waals surface area contributed by atoms with Gasteiger partial charge in [-0.1, -0.05) is 27.4 Å². The minimum Gasteiger partial charge on any atom is -0.548 e. The molecule has 0 rings (SSSR count). The fourth-order valence-corrected chi connectivity index (χ4v) is 3.91. The van der Waals surface area contributed by atoms with Gasteiger partial charge in [-0.05, 0) is 44.7 Å². The van der Waals surface area contributed by atoms with Gasteiger partial charge in [-0.2, -0.15) is 0 Å². The summed E-state index contributed by atoms with van der Waals surface area (Å²) in [7, 11) is -3.20. The van der Waals surface area contributed by atoms with Crippen LogP contribution in [0.4, 0.5) is 0 Å². The first-order chi connectivity index (χ1) is 7.74. The van der Waals surface area contributed by atoms with Crippen LogP contribution in [0.3, 0.4) is 0 Å². The smallest absolute Gasteiger partial charge is 0.241 e. The molecular formula is C14H32O2Si2. The molecule has 0 aliphatic rings. The standard InChI is InChI=1S/C14H32O2Si2/c1-12(15-17(6,7)8)11-13(2)16-18(9,10)14(3,4)5/h13H,1,11H2,2-10H3/t13-/m0/s1. The predicted octanol–water partition coefficient (Wildman–Crippen LogP) is 5.15. The lowest BCUT2D eigenvalue weighted by Crippen LogP contribution is -2.43. The summed E-state index contributed by atoms with van der Waals surface area (Å²) in [6.07, 6.45) is 0.992. The minimum absolute atomic E-state index is 0.190. The third-order valence-electron chi connectivity index (χ3n) is 3.27. The molecule has 0 aromatic heterocycles. The number of hydrogen-bond acceptors (Lipinski definition) is 2. The fraction of sp³-hybridized carbons (Fsp3) is 0.857. The molecule has 18 heavy (non-hydrogen) atoms. The van der Waals surface area contributed by atoms with E-state index in [1.165, 1.54) is 0 Å². The van der Waals surface area contributed by atoms with Crippen LogP contribution in [-0.2, 0) is 8.85 Å². The normalized spacial score (nSPS) is 15.4. The van der Waals surface area contributed by atoms with Gasteiger partial charge in [0.1, 0.15) is 0 Å². The molecule has 0 aliphatic carbocycles. The fourth-order valence-electron chi connectivity index (χ4n) is 1.52. The van der Waals surface area contributed by atoms with E-state index in [-0.39, 0.29) is 11.1 Å². The summed E-state index contributed by atoms with van der Waals surface area (Å²) in [5, 5.41) is 0.252. The molecule has 1 atom stereocenters. The van der Waals surface area contributed by atoms with Crippen molar-refractivity contribution in [3.8, 4) is 0 Å². The van der Waals surface area contributed by atoms with Crippen molar-refractivity contribution in [2.24, 2.45) is 0 Å². The van der Waals surface area contributed by atoms with Crippen molar-refractivity contribution in [3.05, 3.63) is 12.3 Å². The van der Waals surface area contributed by atoms with Crippen LogP contribution in [0.2, 0.25) is 37.8 Å². The van der Waals surface area contributed by atoms with Crippen LogP contribution in [-0.4, -0.2) is 22.7 Å². The van der Waals surface area contributed by atoms with E-state index in [1.807, 2.05) is 0 Å². The van der Waals surface area contributed by atoms with E-state index in [2.05, 4.69) is 67.0 Å². The number of rotatable bonds is 6. The molecule has 2 nitrogen and oxygen atoms in total. The van der Waals surface area contributed by atoms with Crippen molar-refractivity contribution in [1.29, 1.82) is 0 Å². The summed E-state index contributed by atoms with van der Waals surface area (Å²) in [4.78, 5) is 0. The van der Waals surface area contributed by atoms with E-state index < -0.39 is 16.6 Å². The van der Waals surface area contributed by atoms with Crippen LogP contribution in [0.1, 0.15) is 34.1 Å². The molecule has 0 aliphatic heterocycles. The molecule has 0 spiro atoms. The van der Waals surface area contributed by atoms with Gasteiger partial charge in [0.2, 0.25) is 8.32 Å². The highest BCUT2D eigenvalue weighted by atomic mass is 28.4. The zero-order valence-corrected chi connectivity index (χ0v) is 15.8. The summed E-state index contributed by atoms with van der Waals surface area (Å²) in [6.45, 7) is 24.0. The summed E-state index contributed by atoms with van der Waals surface area (Å²) < 4.78 is 12.2. The van der Waals surface area contributed by atoms with Crippen molar-refractivity contribution < 1.29 is 8.85 Å². The summed E-state index contributed by atoms with van der Waals surface area (Å²) in [5.74, 6) is 0.875. The molecule has 0 amide bonds. The van der Waals surface area contributed by atoms with E-state index >= 15 is 0 Å². The van der Waals surface area contributed by atoms with Crippen molar-refractivity contribution in [3.63, 3.8) is 0 Å². The second-order valence-corrected chi connectivity index (χ2v) is 16.8. The van der Waals surface area contributed by atoms with Gasteiger partial charge in [0.05, 0.1) is 5.76 Å². The second-order valence-electron chi connectivity index (χ2n) is 7.65. The molecule has 0 radical (unpaired) electrons. The monoisotopic (exact) mass is 288 g/mol. The van der Waals surface area contributed by atoms with E-state index in [0.29, 0.717) is 0 Å². The molecular weight excluding hydrogens is 256 g/mol. The Labute approximate surface area is 116 Å². The Hall–Kier alpha value is -0.0662. The lowest BCUT2D eigenvalue weighted by Gasteiger charge is -2.38. The predicted molar refractivity (Wildman–Crippen MR) is 85.9 cm³/mol. The summed E-state index contributed by atoms with van der Waals surface area (Å²) >= 11 is 0. The van der Waals surface area contributed by atoms with E-state index in [9.17, 15) is 0 Å². The summed E-state index contributed by atoms with van der Waals surface area (Å²) in [5.41, 5.74) is 0. The van der Waals surface area contributed by atoms with Gasteiger partial charge < -0.3 is 8.85 Å². The molecule has 0 aromatic rings. The molecule has 0 unspecified atom stereocenters. The molecule has 0 bridgehead atoms. The zero-order valence-electron chi connectivity index (χ0n) is 13.8. The maximum absolute atomic E-state index is 6.30. The topological polar surface area (TPSA) is 18.5 Å². The zero-order chi connectivity index (χ0) is 14.8. The first-order valence-corrected chi connectivity index (χ1v) is 13.1. The Balaban J connectivity index is 4.36. The highest BCUT2D eigenvalue weighted by molar-refractivity contribution is 6.74. The number of hydrogen-bond donors (Lipinski definition) is 0. The molecule has 0 fully saturated rings. The van der Waals surface area contributed by atoms with Crippen molar-refractivity contribution in [1.82, 2.24) is 0 Å². The molecule has 0 heterocycles. The Morgan fingerprint density at radius 3 is 1.89 bits per heavy atom. The van der Waals surface area contributed by atoms with Gasteiger partial charge in [0, 0.05) is 12.5 Å². The van der Waals surface area contributed by atoms with Crippen LogP contribution in [0, 0.1) is 0 Å². The van der Waals surface area contributed by atoms with Crippen LogP contribution >= 0.6 is 0 Å². The van der Waals surface area contributed by atoms with Gasteiger partial charge in [0.15, 0.2) is 8.32 Å². The quantitative estimate of drug-likeness (QED) is 0.497. The van der Waals surface area contributed by atoms with Gasteiger partial charge in [0.25, 0.3) is 0 Å². The minimum atomic E-state index is -1.68. The Bertz CT molecular complexity index is 285. The lowest BCUT2D eigenvalue weighted by atomic mass is 10.2. The Morgan fingerprint density at radius 2 is 1.56 bits per heavy atom. The SMILES string of the molecule is C=C(C[C@H](C)O[Si](C)(C)C(C)(C)C)O[Si](C)(C)C. The molecule has 4 heteroatoms. The highest BCUT2D eigenvalue weighted by Crippen LogP contribution is 2.37. The van der Waals surface area contributed by atoms with Crippen molar-refractivity contribution in [2.75, 3.05) is 0 Å². The maximum Gasteiger partial charge on any atom is 0.241 e. The van der Waals surface area contributed by atoms with Crippen molar-refractivity contribution in [2.45, 2.75) is 78.0 Å². The van der Waals surface area contributed by atoms with Crippen LogP contribution < -0.4 is 0 Å². The highest BCUT2D eigenvalue weighted by Gasteiger charge is 2.38. The van der Waals surface area contributed by atoms with Crippen LogP contribution in [0.25, 0.3) is 0 Å². The van der Waals surface area contributed by atoms with Crippen molar-refractivity contribution >= 4 is 16.6 Å². The molecule has 108 valence electrons. The lowest BCUT2D eigenvalue weighted by molar-refractivity contribution is 0.184. The van der Waals surface area contributed by atoms with E-state index in [4.69, 9.17) is 8.85 Å². The molecule has 0 aromatic carbocycles. The Kier molecular flexibility index (Phi) is 5.90. The third kappa shape index (κ3) is 6.76. The largest absolute Gasteiger partial charge is 0.548 e. The molecule has 0 N–H and O–H groups in total. The average Bonchev–Trinajstić information content (AvgIpc) is 1.94. The van der Waals surface area contributed by atoms with Gasteiger partial charge in [-0.3, -0.25) is 0 Å². The van der Waals surface area contributed by atoms with E-state index in [1.54, 1.807) is 0 Å². The maximum atomic E-state index is 6.30. The Morgan fingerprint density at radius 1 is 1.11 bits per heavy atom. The van der Waals surface area contributed by atoms with Gasteiger partial charge >= 0.3 is 0 Å². The van der Waals surface area contributed by atoms with Gasteiger partial charge in [-0.15, -0.1) is 0 Å². The van der Waals surface area contributed by atoms with Gasteiger partial charge in [-0.25, -0.2) is 0 Å². The molecule has 0 saturated heterocycles. The second kappa shape index (κ2) is 5.93. The molecule has 0 saturated carbocycles. The van der Waals surface area contributed by atoms with E-state index in [0.717, 1.165) is 12.2 Å². The van der Waals surface area contributed by atoms with Crippen LogP contribution in [0.5, 0.6) is 0 Å². The first-order valence-electron chi connectivity index (χ1n) is 6.79. The van der Waals surface area contributed by atoms with Crippen LogP contribution in [0.15, 0.2) is 12.3 Å². The average molecular weight is 289 g/mol. The third-order valence-corrected chi connectivity index (χ3v) is 8.77. The first kappa shape index (κ1) is 17.9.